The van der Waals surface area contributed by atoms with Gasteiger partial charge in [0.05, 0.1) is 6.61 Å². The third-order valence-corrected chi connectivity index (χ3v) is 2.32. The van der Waals surface area contributed by atoms with Gasteiger partial charge in [0.1, 0.15) is 0 Å². The van der Waals surface area contributed by atoms with Crippen LogP contribution >= 0.6 is 0 Å². The van der Waals surface area contributed by atoms with Gasteiger partial charge in [-0.1, -0.05) is 0 Å². The Balaban J connectivity index is 2.31. The highest BCUT2D eigenvalue weighted by Crippen LogP contribution is 2.13. The van der Waals surface area contributed by atoms with Crippen molar-refractivity contribution in [3.8, 4) is 0 Å². The van der Waals surface area contributed by atoms with E-state index in [0.717, 1.165) is 26.2 Å². The lowest BCUT2D eigenvalue weighted by molar-refractivity contribution is 0.0582. The van der Waals surface area contributed by atoms with Gasteiger partial charge in [0, 0.05) is 25.1 Å². The van der Waals surface area contributed by atoms with Crippen LogP contribution in [0.25, 0.3) is 0 Å². The molecule has 88 valence electrons. The zero-order valence-corrected chi connectivity index (χ0v) is 9.62. The van der Waals surface area contributed by atoms with E-state index in [1.54, 1.807) is 0 Å². The molecule has 0 aromatic heterocycles. The van der Waals surface area contributed by atoms with Gasteiger partial charge in [-0.05, 0) is 26.7 Å². The van der Waals surface area contributed by atoms with Crippen molar-refractivity contribution in [2.24, 2.45) is 16.8 Å². The molecule has 0 saturated carbocycles. The third-order valence-electron chi connectivity index (χ3n) is 2.32. The summed E-state index contributed by atoms with van der Waals surface area (Å²) in [5.41, 5.74) is 2.57. The smallest absolute Gasteiger partial charge is 0.205 e. The molecule has 1 unspecified atom stereocenters. The summed E-state index contributed by atoms with van der Waals surface area (Å²) in [7, 11) is 0. The zero-order chi connectivity index (χ0) is 11.1. The summed E-state index contributed by atoms with van der Waals surface area (Å²) >= 11 is 0. The van der Waals surface area contributed by atoms with Crippen LogP contribution in [0.5, 0.6) is 0 Å². The van der Waals surface area contributed by atoms with Gasteiger partial charge >= 0.3 is 0 Å². The SMILES string of the molecule is CC(C)NC(=NCC1CCCOC1)NN. The molecule has 5 nitrogen and oxygen atoms in total. The molecule has 1 aliphatic rings. The molecule has 0 radical (unpaired) electrons. The molecule has 15 heavy (non-hydrogen) atoms. The van der Waals surface area contributed by atoms with E-state index in [0.29, 0.717) is 17.9 Å². The van der Waals surface area contributed by atoms with Crippen molar-refractivity contribution in [1.29, 1.82) is 0 Å². The molecule has 1 atom stereocenters. The van der Waals surface area contributed by atoms with E-state index >= 15 is 0 Å². The topological polar surface area (TPSA) is 71.7 Å². The minimum atomic E-state index is 0.336. The lowest BCUT2D eigenvalue weighted by atomic mass is 10.0. The second-order valence-corrected chi connectivity index (χ2v) is 4.22. The summed E-state index contributed by atoms with van der Waals surface area (Å²) in [5, 5.41) is 3.14. The maximum absolute atomic E-state index is 5.39. The normalized spacial score (nSPS) is 22.9. The molecule has 1 aliphatic heterocycles. The summed E-state index contributed by atoms with van der Waals surface area (Å²) < 4.78 is 5.39. The Morgan fingerprint density at radius 1 is 1.60 bits per heavy atom. The first-order chi connectivity index (χ1) is 7.22. The maximum atomic E-state index is 5.39. The largest absolute Gasteiger partial charge is 0.381 e. The molecule has 0 bridgehead atoms. The van der Waals surface area contributed by atoms with Crippen LogP contribution in [-0.4, -0.2) is 31.8 Å². The fourth-order valence-corrected chi connectivity index (χ4v) is 1.58. The molecule has 0 aromatic rings. The second-order valence-electron chi connectivity index (χ2n) is 4.22. The molecule has 1 saturated heterocycles. The van der Waals surface area contributed by atoms with Crippen LogP contribution in [0, 0.1) is 5.92 Å². The highest BCUT2D eigenvalue weighted by Gasteiger charge is 2.13. The van der Waals surface area contributed by atoms with Gasteiger partial charge in [0.15, 0.2) is 0 Å². The van der Waals surface area contributed by atoms with Crippen LogP contribution in [0.1, 0.15) is 26.7 Å². The van der Waals surface area contributed by atoms with Gasteiger partial charge in [0.2, 0.25) is 5.96 Å². The van der Waals surface area contributed by atoms with E-state index in [2.05, 4.69) is 29.6 Å². The predicted octanol–water partition coefficient (Wildman–Crippen LogP) is 0.230. The Morgan fingerprint density at radius 3 is 2.93 bits per heavy atom. The molecule has 4 N–H and O–H groups in total. The van der Waals surface area contributed by atoms with Gasteiger partial charge in [-0.15, -0.1) is 0 Å². The number of hydrogen-bond donors (Lipinski definition) is 3. The highest BCUT2D eigenvalue weighted by molar-refractivity contribution is 5.79. The molecule has 0 aromatic carbocycles. The van der Waals surface area contributed by atoms with Crippen LogP contribution in [0.3, 0.4) is 0 Å². The van der Waals surface area contributed by atoms with Crippen LogP contribution in [0.2, 0.25) is 0 Å². The summed E-state index contributed by atoms with van der Waals surface area (Å²) in [4.78, 5) is 4.40. The fourth-order valence-electron chi connectivity index (χ4n) is 1.58. The van der Waals surface area contributed by atoms with Crippen LogP contribution in [0.15, 0.2) is 4.99 Å². The van der Waals surface area contributed by atoms with Crippen LogP contribution in [0.4, 0.5) is 0 Å². The predicted molar refractivity (Wildman–Crippen MR) is 61.4 cm³/mol. The molecule has 1 heterocycles. The molecule has 0 aliphatic carbocycles. The number of rotatable bonds is 3. The van der Waals surface area contributed by atoms with Crippen molar-refractivity contribution in [3.05, 3.63) is 0 Å². The first kappa shape index (κ1) is 12.3. The van der Waals surface area contributed by atoms with E-state index in [1.165, 1.54) is 6.42 Å². The quantitative estimate of drug-likeness (QED) is 0.272. The average Bonchev–Trinajstić information content (AvgIpc) is 2.25. The average molecular weight is 214 g/mol. The Labute approximate surface area is 91.4 Å². The number of ether oxygens (including phenoxy) is 1. The Morgan fingerprint density at radius 2 is 2.40 bits per heavy atom. The molecule has 1 rings (SSSR count). The number of hydrogen-bond acceptors (Lipinski definition) is 3. The Hall–Kier alpha value is -0.810. The van der Waals surface area contributed by atoms with Gasteiger partial charge in [0.25, 0.3) is 0 Å². The minimum absolute atomic E-state index is 0.336. The van der Waals surface area contributed by atoms with Crippen molar-refractivity contribution in [2.75, 3.05) is 19.8 Å². The van der Waals surface area contributed by atoms with E-state index in [1.807, 2.05) is 0 Å². The van der Waals surface area contributed by atoms with Gasteiger partial charge < -0.3 is 10.1 Å². The molecular weight excluding hydrogens is 192 g/mol. The number of guanidine groups is 1. The standard InChI is InChI=1S/C10H22N4O/c1-8(2)13-10(14-11)12-6-9-4-3-5-15-7-9/h8-9H,3-7,11H2,1-2H3,(H2,12,13,14). The molecular formula is C10H22N4O. The summed E-state index contributed by atoms with van der Waals surface area (Å²) in [6.45, 7) is 6.60. The van der Waals surface area contributed by atoms with E-state index in [4.69, 9.17) is 10.6 Å². The second kappa shape index (κ2) is 6.63. The van der Waals surface area contributed by atoms with E-state index in [9.17, 15) is 0 Å². The van der Waals surface area contributed by atoms with Crippen LogP contribution in [-0.2, 0) is 4.74 Å². The van der Waals surface area contributed by atoms with Crippen molar-refractivity contribution < 1.29 is 4.74 Å². The van der Waals surface area contributed by atoms with Crippen LogP contribution < -0.4 is 16.6 Å². The van der Waals surface area contributed by atoms with Crippen molar-refractivity contribution in [3.63, 3.8) is 0 Å². The van der Waals surface area contributed by atoms with Crippen molar-refractivity contribution in [1.82, 2.24) is 10.7 Å². The monoisotopic (exact) mass is 214 g/mol. The number of aliphatic imine (C=N–C) groups is 1. The summed E-state index contributed by atoms with van der Waals surface area (Å²) in [6, 6.07) is 0.336. The Kier molecular flexibility index (Phi) is 5.42. The minimum Gasteiger partial charge on any atom is -0.381 e. The number of nitrogens with two attached hydrogens (primary N) is 1. The molecule has 1 fully saturated rings. The Bertz CT molecular complexity index is 200. The maximum Gasteiger partial charge on any atom is 0.205 e. The first-order valence-electron chi connectivity index (χ1n) is 5.57. The molecule has 5 heteroatoms. The number of nitrogens with zero attached hydrogens (tertiary/aromatic N) is 1. The van der Waals surface area contributed by atoms with Crippen molar-refractivity contribution in [2.45, 2.75) is 32.7 Å². The van der Waals surface area contributed by atoms with Gasteiger partial charge in [-0.3, -0.25) is 10.4 Å². The van der Waals surface area contributed by atoms with E-state index in [-0.39, 0.29) is 0 Å². The number of hydrazine groups is 1. The summed E-state index contributed by atoms with van der Waals surface area (Å²) in [5.74, 6) is 6.56. The first-order valence-corrected chi connectivity index (χ1v) is 5.57. The van der Waals surface area contributed by atoms with Gasteiger partial charge in [-0.2, -0.15) is 0 Å². The molecule has 0 spiro atoms. The zero-order valence-electron chi connectivity index (χ0n) is 9.62. The van der Waals surface area contributed by atoms with Gasteiger partial charge in [-0.25, -0.2) is 5.84 Å². The van der Waals surface area contributed by atoms with E-state index < -0.39 is 0 Å². The lowest BCUT2D eigenvalue weighted by Crippen LogP contribution is -2.45. The third kappa shape index (κ3) is 4.99. The fraction of sp³-hybridized carbons (Fsp3) is 0.900. The summed E-state index contributed by atoms with van der Waals surface area (Å²) in [6.07, 6.45) is 2.34. The van der Waals surface area contributed by atoms with Crippen molar-refractivity contribution >= 4 is 5.96 Å². The lowest BCUT2D eigenvalue weighted by Gasteiger charge is -2.21. The highest BCUT2D eigenvalue weighted by atomic mass is 16.5. The molecule has 0 amide bonds. The number of nitrogens with one attached hydrogen (secondary N) is 2.